The van der Waals surface area contributed by atoms with Gasteiger partial charge in [0, 0.05) is 25.4 Å². The zero-order chi connectivity index (χ0) is 13.7. The molecule has 1 aromatic carbocycles. The van der Waals surface area contributed by atoms with Crippen LogP contribution in [0.15, 0.2) is 30.6 Å². The topological polar surface area (TPSA) is 83.8 Å². The molecule has 0 aliphatic carbocycles. The van der Waals surface area contributed by atoms with E-state index in [1.807, 2.05) is 0 Å². The summed E-state index contributed by atoms with van der Waals surface area (Å²) >= 11 is 5.87. The van der Waals surface area contributed by atoms with Crippen LogP contribution in [0.3, 0.4) is 0 Å². The van der Waals surface area contributed by atoms with Crippen LogP contribution in [-0.4, -0.2) is 22.4 Å². The number of rotatable bonds is 5. The van der Waals surface area contributed by atoms with Crippen LogP contribution in [-0.2, 0) is 6.42 Å². The molecule has 1 amide bonds. The molecule has 0 bridgehead atoms. The molecule has 0 saturated heterocycles. The number of hydrogen-bond donors (Lipinski definition) is 3. The van der Waals surface area contributed by atoms with Crippen molar-refractivity contribution in [2.75, 3.05) is 12.3 Å². The maximum Gasteiger partial charge on any atom is 0.253 e. The maximum absolute atomic E-state index is 11.9. The first-order valence-electron chi connectivity index (χ1n) is 5.99. The quantitative estimate of drug-likeness (QED) is 0.578. The van der Waals surface area contributed by atoms with Gasteiger partial charge in [-0.3, -0.25) is 4.79 Å². The first-order chi connectivity index (χ1) is 9.18. The highest BCUT2D eigenvalue weighted by Gasteiger charge is 2.10. The number of aromatic nitrogens is 2. The first kappa shape index (κ1) is 13.4. The van der Waals surface area contributed by atoms with E-state index in [2.05, 4.69) is 15.3 Å². The van der Waals surface area contributed by atoms with Crippen LogP contribution in [0.25, 0.3) is 0 Å². The highest BCUT2D eigenvalue weighted by molar-refractivity contribution is 6.33. The second kappa shape index (κ2) is 6.24. The molecule has 1 aromatic heterocycles. The van der Waals surface area contributed by atoms with Crippen molar-refractivity contribution in [2.45, 2.75) is 12.8 Å². The van der Waals surface area contributed by atoms with Crippen molar-refractivity contribution >= 4 is 23.2 Å². The molecule has 5 nitrogen and oxygen atoms in total. The zero-order valence-corrected chi connectivity index (χ0v) is 11.1. The van der Waals surface area contributed by atoms with Crippen molar-refractivity contribution in [2.24, 2.45) is 0 Å². The van der Waals surface area contributed by atoms with Crippen LogP contribution in [0.2, 0.25) is 5.02 Å². The molecule has 0 aliphatic rings. The van der Waals surface area contributed by atoms with Crippen LogP contribution < -0.4 is 11.1 Å². The lowest BCUT2D eigenvalue weighted by Gasteiger charge is -2.08. The Morgan fingerprint density at radius 3 is 3.05 bits per heavy atom. The molecular formula is C13H15ClN4O. The molecule has 1 heterocycles. The molecule has 0 unspecified atom stereocenters. The van der Waals surface area contributed by atoms with Gasteiger partial charge in [0.25, 0.3) is 5.91 Å². The van der Waals surface area contributed by atoms with Gasteiger partial charge in [0.1, 0.15) is 5.82 Å². The van der Waals surface area contributed by atoms with Crippen molar-refractivity contribution in [3.8, 4) is 0 Å². The van der Waals surface area contributed by atoms with Gasteiger partial charge in [-0.05, 0) is 18.6 Å². The Hall–Kier alpha value is -2.01. The van der Waals surface area contributed by atoms with Crippen LogP contribution in [0.5, 0.6) is 0 Å². The summed E-state index contributed by atoms with van der Waals surface area (Å²) in [5, 5.41) is 3.20. The molecule has 0 fully saturated rings. The molecule has 0 radical (unpaired) electrons. The lowest BCUT2D eigenvalue weighted by Crippen LogP contribution is -2.25. The number of anilines is 1. The van der Waals surface area contributed by atoms with E-state index >= 15 is 0 Å². The Morgan fingerprint density at radius 2 is 2.32 bits per heavy atom. The number of para-hydroxylation sites is 1. The third kappa shape index (κ3) is 3.48. The van der Waals surface area contributed by atoms with Gasteiger partial charge in [0.15, 0.2) is 0 Å². The van der Waals surface area contributed by atoms with Crippen molar-refractivity contribution in [3.63, 3.8) is 0 Å². The fourth-order valence-corrected chi connectivity index (χ4v) is 1.90. The lowest BCUT2D eigenvalue weighted by molar-refractivity contribution is 0.0954. The highest BCUT2D eigenvalue weighted by atomic mass is 35.5. The Bertz CT molecular complexity index is 554. The molecule has 19 heavy (non-hydrogen) atoms. The number of hydrogen-bond acceptors (Lipinski definition) is 3. The van der Waals surface area contributed by atoms with Crippen molar-refractivity contribution in [1.29, 1.82) is 0 Å². The number of halogens is 1. The number of aromatic amines is 1. The number of carbonyl (C=O) groups excluding carboxylic acids is 1. The average Bonchev–Trinajstić information content (AvgIpc) is 2.91. The number of nitrogens with zero attached hydrogens (tertiary/aromatic N) is 1. The third-order valence-electron chi connectivity index (χ3n) is 2.73. The van der Waals surface area contributed by atoms with E-state index in [0.29, 0.717) is 22.8 Å². The van der Waals surface area contributed by atoms with Crippen LogP contribution in [0.4, 0.5) is 5.69 Å². The Kier molecular flexibility index (Phi) is 4.41. The van der Waals surface area contributed by atoms with E-state index in [9.17, 15) is 4.79 Å². The number of nitrogen functional groups attached to an aromatic ring is 1. The van der Waals surface area contributed by atoms with E-state index < -0.39 is 0 Å². The van der Waals surface area contributed by atoms with E-state index in [0.717, 1.165) is 18.7 Å². The van der Waals surface area contributed by atoms with Crippen LogP contribution >= 0.6 is 11.6 Å². The molecule has 6 heteroatoms. The molecule has 0 atom stereocenters. The zero-order valence-electron chi connectivity index (χ0n) is 10.3. The molecular weight excluding hydrogens is 264 g/mol. The fraction of sp³-hybridized carbons (Fsp3) is 0.231. The maximum atomic E-state index is 11.9. The van der Waals surface area contributed by atoms with Crippen molar-refractivity contribution in [1.82, 2.24) is 15.3 Å². The van der Waals surface area contributed by atoms with Gasteiger partial charge >= 0.3 is 0 Å². The smallest absolute Gasteiger partial charge is 0.253 e. The van der Waals surface area contributed by atoms with Gasteiger partial charge in [0.05, 0.1) is 16.3 Å². The summed E-state index contributed by atoms with van der Waals surface area (Å²) in [5.74, 6) is 0.705. The molecule has 0 saturated carbocycles. The van der Waals surface area contributed by atoms with Gasteiger partial charge in [0.2, 0.25) is 0 Å². The molecule has 0 spiro atoms. The number of nitrogens with two attached hydrogens (primary N) is 1. The summed E-state index contributed by atoms with van der Waals surface area (Å²) in [6, 6.07) is 5.02. The van der Waals surface area contributed by atoms with Gasteiger partial charge < -0.3 is 16.0 Å². The largest absolute Gasteiger partial charge is 0.397 e. The Labute approximate surface area is 116 Å². The van der Waals surface area contributed by atoms with E-state index in [1.54, 1.807) is 30.6 Å². The van der Waals surface area contributed by atoms with E-state index in [-0.39, 0.29) is 5.91 Å². The van der Waals surface area contributed by atoms with E-state index in [4.69, 9.17) is 17.3 Å². The standard InChI is InChI=1S/C13H15ClN4O/c14-10-4-1-3-9(12(10)15)13(19)18-6-2-5-11-16-7-8-17-11/h1,3-4,7-8H,2,5-6,15H2,(H,16,17)(H,18,19). The summed E-state index contributed by atoms with van der Waals surface area (Å²) in [6.07, 6.45) is 5.08. The average molecular weight is 279 g/mol. The number of H-pyrrole nitrogens is 1. The second-order valence-electron chi connectivity index (χ2n) is 4.10. The Morgan fingerprint density at radius 1 is 1.47 bits per heavy atom. The number of imidazole rings is 1. The van der Waals surface area contributed by atoms with Gasteiger partial charge in [-0.1, -0.05) is 17.7 Å². The molecule has 2 aromatic rings. The van der Waals surface area contributed by atoms with Gasteiger partial charge in [-0.25, -0.2) is 4.98 Å². The van der Waals surface area contributed by atoms with Crippen LogP contribution in [0.1, 0.15) is 22.6 Å². The predicted molar refractivity (Wildman–Crippen MR) is 75.1 cm³/mol. The monoisotopic (exact) mass is 278 g/mol. The first-order valence-corrected chi connectivity index (χ1v) is 6.36. The molecule has 4 N–H and O–H groups in total. The van der Waals surface area contributed by atoms with Gasteiger partial charge in [-0.15, -0.1) is 0 Å². The highest BCUT2D eigenvalue weighted by Crippen LogP contribution is 2.22. The summed E-state index contributed by atoms with van der Waals surface area (Å²) in [7, 11) is 0. The number of benzene rings is 1. The predicted octanol–water partition coefficient (Wildman–Crippen LogP) is 2.01. The van der Waals surface area contributed by atoms with Crippen molar-refractivity contribution in [3.05, 3.63) is 47.0 Å². The fourth-order valence-electron chi connectivity index (χ4n) is 1.72. The molecule has 2 rings (SSSR count). The minimum Gasteiger partial charge on any atom is -0.397 e. The lowest BCUT2D eigenvalue weighted by atomic mass is 10.1. The number of aryl methyl sites for hydroxylation is 1. The summed E-state index contributed by atoms with van der Waals surface area (Å²) in [6.45, 7) is 0.561. The van der Waals surface area contributed by atoms with Crippen molar-refractivity contribution < 1.29 is 4.79 Å². The normalized spacial score (nSPS) is 10.4. The van der Waals surface area contributed by atoms with E-state index in [1.165, 1.54) is 0 Å². The number of carbonyl (C=O) groups is 1. The number of nitrogens with one attached hydrogen (secondary N) is 2. The summed E-state index contributed by atoms with van der Waals surface area (Å²) < 4.78 is 0. The Balaban J connectivity index is 1.83. The van der Waals surface area contributed by atoms with Gasteiger partial charge in [-0.2, -0.15) is 0 Å². The minimum absolute atomic E-state index is 0.209. The SMILES string of the molecule is Nc1c(Cl)cccc1C(=O)NCCCc1ncc[nH]1. The molecule has 0 aliphatic heterocycles. The minimum atomic E-state index is -0.209. The third-order valence-corrected chi connectivity index (χ3v) is 3.06. The number of amides is 1. The summed E-state index contributed by atoms with van der Waals surface area (Å²) in [4.78, 5) is 19.0. The molecule has 100 valence electrons. The van der Waals surface area contributed by atoms with Crippen LogP contribution in [0, 0.1) is 0 Å². The second-order valence-corrected chi connectivity index (χ2v) is 4.50. The summed E-state index contributed by atoms with van der Waals surface area (Å²) in [5.41, 5.74) is 6.48.